The molecule has 2 bridgehead atoms. The van der Waals surface area contributed by atoms with E-state index in [-0.39, 0.29) is 6.29 Å². The van der Waals surface area contributed by atoms with Crippen LogP contribution in [0.25, 0.3) is 0 Å². The molecule has 6 atom stereocenters. The predicted octanol–water partition coefficient (Wildman–Crippen LogP) is 0.875. The van der Waals surface area contributed by atoms with Gasteiger partial charge in [0.05, 0.1) is 6.61 Å². The lowest BCUT2D eigenvalue weighted by atomic mass is 9.68. The molecule has 4 fully saturated rings. The Balaban J connectivity index is 1.64. The highest BCUT2D eigenvalue weighted by Gasteiger charge is 2.61. The molecule has 0 aromatic heterocycles. The lowest BCUT2D eigenvalue weighted by Crippen LogP contribution is -2.46. The molecule has 2 saturated heterocycles. The summed E-state index contributed by atoms with van der Waals surface area (Å²) < 4.78 is 11.2. The van der Waals surface area contributed by atoms with Crippen molar-refractivity contribution in [3.8, 4) is 0 Å². The highest BCUT2D eigenvalue weighted by atomic mass is 16.8. The minimum atomic E-state index is 0.149. The zero-order valence-corrected chi connectivity index (χ0v) is 8.32. The van der Waals surface area contributed by atoms with Crippen molar-refractivity contribution in [1.82, 2.24) is 0 Å². The van der Waals surface area contributed by atoms with E-state index in [4.69, 9.17) is 15.2 Å². The minimum absolute atomic E-state index is 0.149. The summed E-state index contributed by atoms with van der Waals surface area (Å²) in [6.07, 6.45) is 5.72. The van der Waals surface area contributed by atoms with Crippen LogP contribution in [0.3, 0.4) is 0 Å². The summed E-state index contributed by atoms with van der Waals surface area (Å²) in [5, 5.41) is 0. The Bertz CT molecular complexity index is 282. The van der Waals surface area contributed by atoms with Gasteiger partial charge in [-0.1, -0.05) is 0 Å². The van der Waals surface area contributed by atoms with Crippen LogP contribution in [-0.2, 0) is 9.47 Å². The minimum Gasteiger partial charge on any atom is -0.349 e. The number of fused-ring (bicyclic) bond motifs is 4. The second-order valence-corrected chi connectivity index (χ2v) is 5.73. The average molecular weight is 195 g/mol. The molecule has 78 valence electrons. The van der Waals surface area contributed by atoms with E-state index >= 15 is 0 Å². The third-order valence-electron chi connectivity index (χ3n) is 4.87. The quantitative estimate of drug-likeness (QED) is 0.584. The molecule has 2 saturated carbocycles. The number of nitrogens with two attached hydrogens (primary N) is 1. The molecule has 0 aromatic rings. The molecule has 0 aromatic carbocycles. The maximum atomic E-state index is 6.19. The van der Waals surface area contributed by atoms with Gasteiger partial charge in [0.15, 0.2) is 6.29 Å². The smallest absolute Gasteiger partial charge is 0.184 e. The standard InChI is InChI=1S/C11H17NO2/c12-8-2-6-1-7(8)11(3-6)4-9-10(14-9)13-5-11/h6-10H,1-5,12H2. The summed E-state index contributed by atoms with van der Waals surface area (Å²) in [6, 6.07) is 0.438. The molecular weight excluding hydrogens is 178 g/mol. The molecular formula is C11H17NO2. The van der Waals surface area contributed by atoms with Crippen molar-refractivity contribution in [3.05, 3.63) is 0 Å². The van der Waals surface area contributed by atoms with Crippen LogP contribution in [0.1, 0.15) is 25.7 Å². The first kappa shape index (κ1) is 8.08. The van der Waals surface area contributed by atoms with Gasteiger partial charge < -0.3 is 15.2 Å². The van der Waals surface area contributed by atoms with Crippen molar-refractivity contribution in [2.45, 2.75) is 44.1 Å². The number of ether oxygens (including phenoxy) is 2. The summed E-state index contributed by atoms with van der Waals surface area (Å²) >= 11 is 0. The number of hydrogen-bond acceptors (Lipinski definition) is 3. The first-order valence-corrected chi connectivity index (χ1v) is 5.79. The first-order chi connectivity index (χ1) is 6.77. The van der Waals surface area contributed by atoms with Crippen LogP contribution < -0.4 is 5.73 Å². The van der Waals surface area contributed by atoms with Gasteiger partial charge >= 0.3 is 0 Å². The molecule has 3 heteroatoms. The average Bonchev–Trinajstić information content (AvgIpc) is 2.70. The van der Waals surface area contributed by atoms with Gasteiger partial charge in [-0.15, -0.1) is 0 Å². The van der Waals surface area contributed by atoms with Crippen LogP contribution in [0.2, 0.25) is 0 Å². The Hall–Kier alpha value is -0.120. The Kier molecular flexibility index (Phi) is 1.35. The van der Waals surface area contributed by atoms with Gasteiger partial charge in [-0.05, 0) is 37.5 Å². The lowest BCUT2D eigenvalue weighted by Gasteiger charge is -2.41. The Morgan fingerprint density at radius 3 is 2.86 bits per heavy atom. The summed E-state index contributed by atoms with van der Waals surface area (Å²) in [5.74, 6) is 1.60. The summed E-state index contributed by atoms with van der Waals surface area (Å²) in [5.41, 5.74) is 6.59. The van der Waals surface area contributed by atoms with Gasteiger partial charge in [0, 0.05) is 11.5 Å². The maximum Gasteiger partial charge on any atom is 0.184 e. The van der Waals surface area contributed by atoms with E-state index < -0.39 is 0 Å². The number of hydrogen-bond donors (Lipinski definition) is 1. The van der Waals surface area contributed by atoms with Crippen LogP contribution in [-0.4, -0.2) is 25.0 Å². The fourth-order valence-corrected chi connectivity index (χ4v) is 4.30. The molecule has 2 aliphatic carbocycles. The highest BCUT2D eigenvalue weighted by molar-refractivity contribution is 5.09. The Labute approximate surface area is 83.9 Å². The van der Waals surface area contributed by atoms with Gasteiger partial charge in [-0.25, -0.2) is 0 Å². The monoisotopic (exact) mass is 195 g/mol. The third kappa shape index (κ3) is 0.884. The highest BCUT2D eigenvalue weighted by Crippen LogP contribution is 2.61. The normalized spacial score (nSPS) is 64.5. The fourth-order valence-electron chi connectivity index (χ4n) is 4.30. The molecule has 4 aliphatic rings. The van der Waals surface area contributed by atoms with Gasteiger partial charge in [-0.2, -0.15) is 0 Å². The van der Waals surface area contributed by atoms with Gasteiger partial charge in [0.1, 0.15) is 6.10 Å². The fraction of sp³-hybridized carbons (Fsp3) is 1.00. The zero-order valence-electron chi connectivity index (χ0n) is 8.32. The van der Waals surface area contributed by atoms with Crippen molar-refractivity contribution in [3.63, 3.8) is 0 Å². The van der Waals surface area contributed by atoms with Gasteiger partial charge in [0.25, 0.3) is 0 Å². The molecule has 2 heterocycles. The lowest BCUT2D eigenvalue weighted by molar-refractivity contribution is -0.0508. The second-order valence-electron chi connectivity index (χ2n) is 5.73. The number of rotatable bonds is 0. The van der Waals surface area contributed by atoms with E-state index in [9.17, 15) is 0 Å². The molecule has 2 aliphatic heterocycles. The van der Waals surface area contributed by atoms with E-state index in [1.807, 2.05) is 0 Å². The molecule has 0 radical (unpaired) electrons. The summed E-state index contributed by atoms with van der Waals surface area (Å²) in [4.78, 5) is 0. The third-order valence-corrected chi connectivity index (χ3v) is 4.87. The summed E-state index contributed by atoms with van der Waals surface area (Å²) in [6.45, 7) is 0.906. The van der Waals surface area contributed by atoms with Crippen molar-refractivity contribution < 1.29 is 9.47 Å². The molecule has 6 unspecified atom stereocenters. The van der Waals surface area contributed by atoms with Crippen LogP contribution in [0, 0.1) is 17.3 Å². The van der Waals surface area contributed by atoms with Crippen LogP contribution in [0.5, 0.6) is 0 Å². The number of epoxide rings is 1. The maximum absolute atomic E-state index is 6.19. The predicted molar refractivity (Wildman–Crippen MR) is 50.5 cm³/mol. The van der Waals surface area contributed by atoms with Crippen molar-refractivity contribution >= 4 is 0 Å². The van der Waals surface area contributed by atoms with E-state index in [0.29, 0.717) is 17.6 Å². The van der Waals surface area contributed by atoms with Gasteiger partial charge in [-0.3, -0.25) is 0 Å². The molecule has 0 amide bonds. The van der Waals surface area contributed by atoms with Crippen molar-refractivity contribution in [1.29, 1.82) is 0 Å². The Morgan fingerprint density at radius 1 is 1.21 bits per heavy atom. The van der Waals surface area contributed by atoms with E-state index in [1.165, 1.54) is 25.7 Å². The SMILES string of the molecule is NC1CC2CC1C1(COC3OC3C1)C2. The van der Waals surface area contributed by atoms with Crippen LogP contribution in [0.4, 0.5) is 0 Å². The van der Waals surface area contributed by atoms with Crippen molar-refractivity contribution in [2.24, 2.45) is 23.0 Å². The van der Waals surface area contributed by atoms with Crippen molar-refractivity contribution in [2.75, 3.05) is 6.61 Å². The largest absolute Gasteiger partial charge is 0.349 e. The van der Waals surface area contributed by atoms with E-state index in [0.717, 1.165) is 18.4 Å². The summed E-state index contributed by atoms with van der Waals surface area (Å²) in [7, 11) is 0. The second kappa shape index (κ2) is 2.34. The molecule has 3 nitrogen and oxygen atoms in total. The zero-order chi connectivity index (χ0) is 9.34. The van der Waals surface area contributed by atoms with Crippen LogP contribution >= 0.6 is 0 Å². The molecule has 1 spiro atoms. The topological polar surface area (TPSA) is 47.8 Å². The molecule has 2 N–H and O–H groups in total. The Morgan fingerprint density at radius 2 is 2.14 bits per heavy atom. The van der Waals surface area contributed by atoms with E-state index in [2.05, 4.69) is 0 Å². The van der Waals surface area contributed by atoms with E-state index in [1.54, 1.807) is 0 Å². The van der Waals surface area contributed by atoms with Crippen LogP contribution in [0.15, 0.2) is 0 Å². The van der Waals surface area contributed by atoms with Gasteiger partial charge in [0.2, 0.25) is 0 Å². The first-order valence-electron chi connectivity index (χ1n) is 5.79. The molecule has 14 heavy (non-hydrogen) atoms. The molecule has 4 rings (SSSR count).